The van der Waals surface area contributed by atoms with E-state index in [2.05, 4.69) is 27.4 Å². The van der Waals surface area contributed by atoms with Gasteiger partial charge in [-0.2, -0.15) is 0 Å². The van der Waals surface area contributed by atoms with Crippen molar-refractivity contribution in [3.8, 4) is 11.1 Å². The number of pyridine rings is 1. The number of hydrogen-bond acceptors (Lipinski definition) is 6. The third kappa shape index (κ3) is 7.63. The molecule has 1 fully saturated rings. The second-order valence-corrected chi connectivity index (χ2v) is 13.8. The van der Waals surface area contributed by atoms with Gasteiger partial charge in [-0.25, -0.2) is 14.6 Å². The van der Waals surface area contributed by atoms with Crippen molar-refractivity contribution in [2.75, 3.05) is 38.0 Å². The fourth-order valence-electron chi connectivity index (χ4n) is 5.40. The maximum absolute atomic E-state index is 12.6. The second-order valence-electron chi connectivity index (χ2n) is 13.4. The highest BCUT2D eigenvalue weighted by Gasteiger charge is 2.28. The minimum Gasteiger partial charge on any atom is -0.444 e. The summed E-state index contributed by atoms with van der Waals surface area (Å²) in [6.07, 6.45) is 5.11. The van der Waals surface area contributed by atoms with Gasteiger partial charge >= 0.3 is 12.2 Å². The van der Waals surface area contributed by atoms with Crippen molar-refractivity contribution in [3.05, 3.63) is 53.3 Å². The molecular weight excluding hydrogens is 566 g/mol. The molecule has 0 aliphatic carbocycles. The molecule has 230 valence electrons. The van der Waals surface area contributed by atoms with Gasteiger partial charge < -0.3 is 29.6 Å². The number of nitrogens with one attached hydrogen (secondary N) is 2. The molecule has 0 atom stereocenters. The van der Waals surface area contributed by atoms with Crippen LogP contribution in [0.4, 0.5) is 15.3 Å². The Labute approximate surface area is 258 Å². The van der Waals surface area contributed by atoms with E-state index in [4.69, 9.17) is 21.1 Å². The Morgan fingerprint density at radius 3 is 2.33 bits per heavy atom. The van der Waals surface area contributed by atoms with Gasteiger partial charge in [-0.3, -0.25) is 0 Å². The van der Waals surface area contributed by atoms with Crippen molar-refractivity contribution in [2.45, 2.75) is 65.6 Å². The van der Waals surface area contributed by atoms with Crippen LogP contribution in [0.2, 0.25) is 5.02 Å². The van der Waals surface area contributed by atoms with Crippen LogP contribution >= 0.6 is 11.6 Å². The number of fused-ring (bicyclic) bond motifs is 1. The first-order valence-corrected chi connectivity index (χ1v) is 15.3. The van der Waals surface area contributed by atoms with Gasteiger partial charge in [0.2, 0.25) is 0 Å². The largest absolute Gasteiger partial charge is 0.444 e. The van der Waals surface area contributed by atoms with E-state index >= 15 is 0 Å². The number of hydrogen-bond donors (Lipinski definition) is 2. The van der Waals surface area contributed by atoms with Crippen LogP contribution in [0.25, 0.3) is 27.7 Å². The van der Waals surface area contributed by atoms with Gasteiger partial charge in [-0.05, 0) is 102 Å². The number of piperidine rings is 1. The summed E-state index contributed by atoms with van der Waals surface area (Å²) in [7, 11) is 0. The molecule has 10 heteroatoms. The summed E-state index contributed by atoms with van der Waals surface area (Å²) in [5.74, 6) is 0.456. The monoisotopic (exact) mass is 607 g/mol. The Bertz CT molecular complexity index is 1530. The van der Waals surface area contributed by atoms with E-state index in [1.807, 2.05) is 65.8 Å². The minimum absolute atomic E-state index is 0.234. The Morgan fingerprint density at radius 2 is 1.65 bits per heavy atom. The number of ether oxygens (including phenoxy) is 2. The minimum atomic E-state index is -0.540. The Kier molecular flexibility index (Phi) is 8.65. The Hall–Kier alpha value is -3.72. The van der Waals surface area contributed by atoms with Crippen molar-refractivity contribution in [3.63, 3.8) is 0 Å². The molecule has 0 saturated carbocycles. The zero-order valence-electron chi connectivity index (χ0n) is 25.9. The van der Waals surface area contributed by atoms with Crippen LogP contribution in [-0.2, 0) is 9.47 Å². The zero-order valence-corrected chi connectivity index (χ0v) is 26.7. The van der Waals surface area contributed by atoms with E-state index in [1.165, 1.54) is 0 Å². The Balaban J connectivity index is 1.25. The predicted octanol–water partition coefficient (Wildman–Crippen LogP) is 7.58. The molecule has 5 rings (SSSR count). The topological polar surface area (TPSA) is 99.8 Å². The van der Waals surface area contributed by atoms with E-state index in [1.54, 1.807) is 16.0 Å². The fourth-order valence-corrected chi connectivity index (χ4v) is 5.62. The van der Waals surface area contributed by atoms with Crippen LogP contribution in [0, 0.1) is 5.92 Å². The van der Waals surface area contributed by atoms with Crippen LogP contribution in [0.1, 0.15) is 60.1 Å². The molecule has 3 aromatic rings. The number of carbonyl (C=O) groups is 2. The number of aromatic amines is 1. The first-order chi connectivity index (χ1) is 20.3. The van der Waals surface area contributed by atoms with E-state index in [9.17, 15) is 9.59 Å². The number of halogens is 1. The zero-order chi connectivity index (χ0) is 30.9. The third-order valence-corrected chi connectivity index (χ3v) is 7.90. The second kappa shape index (κ2) is 12.1. The SMILES string of the molecule is CC(C)(C)OC(=O)N1CCC(CNc2ccc(Cl)c(-c3ccnc4[nH]c(C5=CCN(C(=O)OC(C)(C)C)C5)cc34)c2)CC1. The van der Waals surface area contributed by atoms with E-state index < -0.39 is 11.2 Å². The number of likely N-dealkylation sites (tertiary alicyclic amines) is 1. The van der Waals surface area contributed by atoms with Crippen LogP contribution in [0.5, 0.6) is 0 Å². The molecule has 9 nitrogen and oxygen atoms in total. The summed E-state index contributed by atoms with van der Waals surface area (Å²) in [6, 6.07) is 10.1. The average Bonchev–Trinajstić information content (AvgIpc) is 3.59. The molecule has 2 aliphatic rings. The van der Waals surface area contributed by atoms with Crippen LogP contribution < -0.4 is 5.32 Å². The lowest BCUT2D eigenvalue weighted by Gasteiger charge is -2.33. The first-order valence-electron chi connectivity index (χ1n) is 14.9. The summed E-state index contributed by atoms with van der Waals surface area (Å²) >= 11 is 6.73. The fraction of sp³-hybridized carbons (Fsp3) is 0.485. The van der Waals surface area contributed by atoms with Gasteiger partial charge in [-0.15, -0.1) is 0 Å². The number of amides is 2. The van der Waals surface area contributed by atoms with Crippen molar-refractivity contribution in [1.82, 2.24) is 19.8 Å². The smallest absolute Gasteiger partial charge is 0.410 e. The quantitative estimate of drug-likeness (QED) is 0.310. The molecule has 2 N–H and O–H groups in total. The molecule has 2 aromatic heterocycles. The van der Waals surface area contributed by atoms with Crippen LogP contribution in [0.15, 0.2) is 42.6 Å². The van der Waals surface area contributed by atoms with Gasteiger partial charge in [0.15, 0.2) is 0 Å². The first kappa shape index (κ1) is 30.7. The summed E-state index contributed by atoms with van der Waals surface area (Å²) in [5.41, 5.74) is 4.56. The maximum Gasteiger partial charge on any atom is 0.410 e. The van der Waals surface area contributed by atoms with E-state index in [0.29, 0.717) is 37.1 Å². The molecule has 43 heavy (non-hydrogen) atoms. The highest BCUT2D eigenvalue weighted by Crippen LogP contribution is 2.36. The molecular formula is C33H42ClN5O4. The van der Waals surface area contributed by atoms with Crippen molar-refractivity contribution in [2.24, 2.45) is 5.92 Å². The van der Waals surface area contributed by atoms with Crippen molar-refractivity contribution >= 4 is 46.1 Å². The predicted molar refractivity (Wildman–Crippen MR) is 171 cm³/mol. The van der Waals surface area contributed by atoms with Crippen LogP contribution in [-0.4, -0.2) is 75.9 Å². The normalized spacial score (nSPS) is 16.4. The summed E-state index contributed by atoms with van der Waals surface area (Å²) in [4.78, 5) is 36.5. The molecule has 0 spiro atoms. The van der Waals surface area contributed by atoms with Gasteiger partial charge in [-0.1, -0.05) is 17.7 Å². The van der Waals surface area contributed by atoms with Crippen molar-refractivity contribution in [1.29, 1.82) is 0 Å². The molecule has 2 amide bonds. The molecule has 0 radical (unpaired) electrons. The van der Waals surface area contributed by atoms with E-state index in [0.717, 1.165) is 58.5 Å². The molecule has 2 aliphatic heterocycles. The lowest BCUT2D eigenvalue weighted by Crippen LogP contribution is -2.42. The lowest BCUT2D eigenvalue weighted by atomic mass is 9.96. The average molecular weight is 608 g/mol. The number of H-pyrrole nitrogens is 1. The molecule has 1 saturated heterocycles. The van der Waals surface area contributed by atoms with Crippen LogP contribution in [0.3, 0.4) is 0 Å². The summed E-state index contributed by atoms with van der Waals surface area (Å²) in [5, 5.41) is 5.20. The maximum atomic E-state index is 12.6. The number of rotatable bonds is 5. The highest BCUT2D eigenvalue weighted by atomic mass is 35.5. The summed E-state index contributed by atoms with van der Waals surface area (Å²) in [6.45, 7) is 14.5. The van der Waals surface area contributed by atoms with Crippen molar-refractivity contribution < 1.29 is 19.1 Å². The molecule has 1 aromatic carbocycles. The van der Waals surface area contributed by atoms with Gasteiger partial charge in [0.25, 0.3) is 0 Å². The lowest BCUT2D eigenvalue weighted by molar-refractivity contribution is 0.0187. The highest BCUT2D eigenvalue weighted by molar-refractivity contribution is 6.33. The number of benzene rings is 1. The Morgan fingerprint density at radius 1 is 0.977 bits per heavy atom. The molecule has 0 bridgehead atoms. The molecule has 4 heterocycles. The van der Waals surface area contributed by atoms with Gasteiger partial charge in [0.05, 0.1) is 6.54 Å². The third-order valence-electron chi connectivity index (χ3n) is 7.57. The molecule has 0 unspecified atom stereocenters. The number of aromatic nitrogens is 2. The number of carbonyl (C=O) groups excluding carboxylic acids is 2. The number of anilines is 1. The number of nitrogens with zero attached hydrogens (tertiary/aromatic N) is 3. The van der Waals surface area contributed by atoms with E-state index in [-0.39, 0.29) is 12.2 Å². The summed E-state index contributed by atoms with van der Waals surface area (Å²) < 4.78 is 11.1. The standard InChI is InChI=1S/C33H42ClN5O4/c1-32(2,3)42-30(40)38-14-10-21(11-15-38)19-36-23-7-8-27(34)25(17-23)24-9-13-35-29-26(24)18-28(37-29)22-12-16-39(20-22)31(41)43-33(4,5)6/h7-9,12-13,17-18,21,36H,10-11,14-16,19-20H2,1-6H3,(H,35,37). The van der Waals surface area contributed by atoms with Gasteiger partial charge in [0, 0.05) is 59.7 Å². The van der Waals surface area contributed by atoms with Gasteiger partial charge in [0.1, 0.15) is 16.8 Å².